The summed E-state index contributed by atoms with van der Waals surface area (Å²) in [5, 5.41) is 21.3. The van der Waals surface area contributed by atoms with Crippen LogP contribution < -0.4 is 5.32 Å². The van der Waals surface area contributed by atoms with Crippen LogP contribution in [0, 0.1) is 29.9 Å². The zero-order chi connectivity index (χ0) is 20.5. The third kappa shape index (κ3) is 2.24. The number of anilines is 1. The van der Waals surface area contributed by atoms with E-state index in [1.165, 1.54) is 12.3 Å². The van der Waals surface area contributed by atoms with Crippen LogP contribution >= 0.6 is 0 Å². The lowest BCUT2D eigenvalue weighted by Crippen LogP contribution is -2.36. The van der Waals surface area contributed by atoms with E-state index in [4.69, 9.17) is 0 Å². The predicted octanol–water partition coefficient (Wildman–Crippen LogP) is 4.53. The largest absolute Gasteiger partial charge is 0.371 e. The van der Waals surface area contributed by atoms with Gasteiger partial charge in [0.2, 0.25) is 0 Å². The van der Waals surface area contributed by atoms with Gasteiger partial charge in [0.05, 0.1) is 27.9 Å². The minimum absolute atomic E-state index is 0.166. The van der Waals surface area contributed by atoms with E-state index in [2.05, 4.69) is 26.6 Å². The third-order valence-corrected chi connectivity index (χ3v) is 5.35. The Balaban J connectivity index is 1.85. The Bertz CT molecular complexity index is 1360. The molecule has 0 spiro atoms. The molecule has 2 N–H and O–H groups in total. The normalized spacial score (nSPS) is 14.2. The number of hydrogen-bond donors (Lipinski definition) is 2. The van der Waals surface area contributed by atoms with Gasteiger partial charge in [-0.2, -0.15) is 5.26 Å². The summed E-state index contributed by atoms with van der Waals surface area (Å²) in [4.78, 5) is 2.98. The van der Waals surface area contributed by atoms with E-state index in [1.807, 2.05) is 13.8 Å². The molecule has 6 nitrogen and oxygen atoms in total. The van der Waals surface area contributed by atoms with Crippen molar-refractivity contribution < 1.29 is 8.78 Å². The first-order valence-corrected chi connectivity index (χ1v) is 9.07. The second kappa shape index (κ2) is 5.64. The topological polar surface area (TPSA) is 82.3 Å². The van der Waals surface area contributed by atoms with Crippen molar-refractivity contribution >= 4 is 16.6 Å². The minimum Gasteiger partial charge on any atom is -0.371 e. The second-order valence-corrected chi connectivity index (χ2v) is 7.64. The maximum absolute atomic E-state index is 15.9. The van der Waals surface area contributed by atoms with Crippen LogP contribution in [0.15, 0.2) is 30.5 Å². The number of nitriles is 1. The lowest BCUT2D eigenvalue weighted by molar-refractivity contribution is 0.517. The summed E-state index contributed by atoms with van der Waals surface area (Å²) in [5.74, 6) is -0.354. The number of rotatable bonds is 1. The van der Waals surface area contributed by atoms with Crippen LogP contribution in [0.5, 0.6) is 0 Å². The van der Waals surface area contributed by atoms with Crippen LogP contribution in [-0.2, 0) is 5.54 Å². The molecule has 1 aliphatic rings. The van der Waals surface area contributed by atoms with Gasteiger partial charge in [-0.25, -0.2) is 8.78 Å². The molecule has 0 atom stereocenters. The highest BCUT2D eigenvalue weighted by Gasteiger charge is 2.37. The Labute approximate surface area is 164 Å². The van der Waals surface area contributed by atoms with Crippen molar-refractivity contribution in [2.75, 3.05) is 5.32 Å². The Morgan fingerprint density at radius 1 is 1.21 bits per heavy atom. The van der Waals surface area contributed by atoms with Crippen molar-refractivity contribution in [2.24, 2.45) is 0 Å². The summed E-state index contributed by atoms with van der Waals surface area (Å²) in [6, 6.07) is 8.44. The van der Waals surface area contributed by atoms with Crippen molar-refractivity contribution in [3.05, 3.63) is 59.3 Å². The molecule has 4 aromatic rings. The number of nitrogens with zero attached hydrogens (tertiary/aromatic N) is 4. The molecule has 0 aliphatic carbocycles. The van der Waals surface area contributed by atoms with Crippen molar-refractivity contribution in [1.29, 1.82) is 5.26 Å². The van der Waals surface area contributed by atoms with E-state index in [9.17, 15) is 5.26 Å². The number of aromatic amines is 1. The van der Waals surface area contributed by atoms with Crippen molar-refractivity contribution in [2.45, 2.75) is 26.3 Å². The monoisotopic (exact) mass is 390 g/mol. The van der Waals surface area contributed by atoms with Crippen molar-refractivity contribution in [1.82, 2.24) is 19.7 Å². The molecule has 2 aromatic carbocycles. The number of H-pyrrole nitrogens is 1. The number of aromatic nitrogens is 4. The van der Waals surface area contributed by atoms with Gasteiger partial charge < -0.3 is 10.3 Å². The van der Waals surface area contributed by atoms with Gasteiger partial charge in [0.15, 0.2) is 11.6 Å². The number of para-hydroxylation sites is 1. The highest BCUT2D eigenvalue weighted by atomic mass is 19.1. The fourth-order valence-corrected chi connectivity index (χ4v) is 4.05. The standard InChI is InChI=1S/C21H16F2N6/c1-10-27-28-20-21(2,3)26-15-7-14(22)16(17(23)19(15)29(10)20)13-6-4-5-12-11(8-24)9-25-18(12)13/h4-7,9,25-26H,1-3H3. The Morgan fingerprint density at radius 3 is 2.76 bits per heavy atom. The molecule has 0 amide bonds. The number of aryl methyl sites for hydroxylation is 1. The van der Waals surface area contributed by atoms with Crippen molar-refractivity contribution in [3.63, 3.8) is 0 Å². The maximum Gasteiger partial charge on any atom is 0.162 e. The zero-order valence-corrected chi connectivity index (χ0v) is 15.9. The van der Waals surface area contributed by atoms with Gasteiger partial charge >= 0.3 is 0 Å². The molecular weight excluding hydrogens is 374 g/mol. The first-order valence-electron chi connectivity index (χ1n) is 9.07. The highest BCUT2D eigenvalue weighted by molar-refractivity contribution is 5.98. The van der Waals surface area contributed by atoms with Crippen LogP contribution in [-0.4, -0.2) is 19.7 Å². The Kier molecular flexibility index (Phi) is 3.38. The maximum atomic E-state index is 15.9. The molecule has 29 heavy (non-hydrogen) atoms. The molecule has 0 fully saturated rings. The molecule has 0 saturated heterocycles. The molecule has 144 valence electrons. The molecule has 0 saturated carbocycles. The van der Waals surface area contributed by atoms with E-state index in [0.717, 1.165) is 0 Å². The van der Waals surface area contributed by atoms with E-state index >= 15 is 8.78 Å². The van der Waals surface area contributed by atoms with Crippen LogP contribution in [0.25, 0.3) is 27.7 Å². The van der Waals surface area contributed by atoms with Crippen LogP contribution in [0.4, 0.5) is 14.5 Å². The summed E-state index contributed by atoms with van der Waals surface area (Å²) in [6.07, 6.45) is 1.54. The summed E-state index contributed by atoms with van der Waals surface area (Å²) in [5.41, 5.74) is 0.978. The number of fused-ring (bicyclic) bond motifs is 4. The Hall–Kier alpha value is -3.73. The van der Waals surface area contributed by atoms with Gasteiger partial charge in [-0.3, -0.25) is 4.57 Å². The van der Waals surface area contributed by atoms with E-state index in [-0.39, 0.29) is 11.3 Å². The Morgan fingerprint density at radius 2 is 2.00 bits per heavy atom. The van der Waals surface area contributed by atoms with Crippen LogP contribution in [0.1, 0.15) is 31.1 Å². The summed E-state index contributed by atoms with van der Waals surface area (Å²) < 4.78 is 32.7. The van der Waals surface area contributed by atoms with E-state index in [0.29, 0.717) is 39.4 Å². The molecule has 0 bridgehead atoms. The number of halogens is 2. The molecule has 8 heteroatoms. The number of hydrogen-bond acceptors (Lipinski definition) is 4. The predicted molar refractivity (Wildman–Crippen MR) is 105 cm³/mol. The molecule has 3 heterocycles. The van der Waals surface area contributed by atoms with Gasteiger partial charge in [0.1, 0.15) is 23.4 Å². The average molecular weight is 390 g/mol. The molecular formula is C21H16F2N6. The van der Waals surface area contributed by atoms with E-state index in [1.54, 1.807) is 29.7 Å². The van der Waals surface area contributed by atoms with Gasteiger partial charge in [-0.15, -0.1) is 10.2 Å². The molecule has 0 unspecified atom stereocenters. The summed E-state index contributed by atoms with van der Waals surface area (Å²) in [6.45, 7) is 5.49. The molecule has 0 radical (unpaired) electrons. The first kappa shape index (κ1) is 17.4. The minimum atomic E-state index is -0.715. The first-order chi connectivity index (χ1) is 13.8. The molecule has 2 aromatic heterocycles. The van der Waals surface area contributed by atoms with E-state index < -0.39 is 17.2 Å². The fraction of sp³-hybridized carbons (Fsp3) is 0.190. The summed E-state index contributed by atoms with van der Waals surface area (Å²) in [7, 11) is 0. The lowest BCUT2D eigenvalue weighted by atomic mass is 9.95. The summed E-state index contributed by atoms with van der Waals surface area (Å²) >= 11 is 0. The quantitative estimate of drug-likeness (QED) is 0.500. The average Bonchev–Trinajstić information content (AvgIpc) is 3.26. The molecule has 5 rings (SSSR count). The smallest absolute Gasteiger partial charge is 0.162 e. The van der Waals surface area contributed by atoms with Crippen LogP contribution in [0.3, 0.4) is 0 Å². The lowest BCUT2D eigenvalue weighted by Gasteiger charge is -2.34. The third-order valence-electron chi connectivity index (χ3n) is 5.35. The number of benzene rings is 2. The van der Waals surface area contributed by atoms with Crippen molar-refractivity contribution in [3.8, 4) is 22.9 Å². The van der Waals surface area contributed by atoms with Gasteiger partial charge in [0.25, 0.3) is 0 Å². The zero-order valence-electron chi connectivity index (χ0n) is 15.9. The van der Waals surface area contributed by atoms with Gasteiger partial charge in [0, 0.05) is 23.2 Å². The fourth-order valence-electron chi connectivity index (χ4n) is 4.05. The number of nitrogens with one attached hydrogen (secondary N) is 2. The van der Waals surface area contributed by atoms with Crippen LogP contribution in [0.2, 0.25) is 0 Å². The molecule has 1 aliphatic heterocycles. The van der Waals surface area contributed by atoms with Gasteiger partial charge in [-0.1, -0.05) is 18.2 Å². The highest BCUT2D eigenvalue weighted by Crippen LogP contribution is 2.43. The SMILES string of the molecule is Cc1nnc2n1-c1c(cc(F)c(-c3cccc4c(C#N)c[nH]c34)c1F)NC2(C)C. The second-order valence-electron chi connectivity index (χ2n) is 7.64. The van der Waals surface area contributed by atoms with Gasteiger partial charge in [-0.05, 0) is 20.8 Å².